The van der Waals surface area contributed by atoms with E-state index in [0.29, 0.717) is 17.5 Å². The van der Waals surface area contributed by atoms with Gasteiger partial charge in [-0.3, -0.25) is 9.09 Å². The smallest absolute Gasteiger partial charge is 0.362 e. The molecule has 2 atom stereocenters. The maximum absolute atomic E-state index is 13.4. The Hall–Kier alpha value is -2.20. The Labute approximate surface area is 159 Å². The topological polar surface area (TPSA) is 61.8 Å². The fraction of sp³-hybridized carbons (Fsp3) is 0.286. The molecule has 0 N–H and O–H groups in total. The van der Waals surface area contributed by atoms with E-state index in [0.717, 1.165) is 16.7 Å². The molecule has 27 heavy (non-hydrogen) atoms. The van der Waals surface area contributed by atoms with Crippen LogP contribution in [0.1, 0.15) is 23.6 Å². The van der Waals surface area contributed by atoms with Crippen LogP contribution in [0.25, 0.3) is 0 Å². The van der Waals surface area contributed by atoms with Crippen LogP contribution < -0.4 is 10.0 Å². The van der Waals surface area contributed by atoms with Gasteiger partial charge in [-0.15, -0.1) is 0 Å². The third-order valence-electron chi connectivity index (χ3n) is 4.46. The average Bonchev–Trinajstić information content (AvgIpc) is 2.64. The summed E-state index contributed by atoms with van der Waals surface area (Å²) in [7, 11) is -3.45. The third kappa shape index (κ3) is 4.38. The molecule has 2 aromatic rings. The van der Waals surface area contributed by atoms with Crippen LogP contribution in [0.2, 0.25) is 0 Å². The fourth-order valence-electron chi connectivity index (χ4n) is 3.08. The van der Waals surface area contributed by atoms with Crippen LogP contribution in [0.3, 0.4) is 0 Å². The Balaban J connectivity index is 1.81. The van der Waals surface area contributed by atoms with E-state index in [-0.39, 0.29) is 6.61 Å². The highest BCUT2D eigenvalue weighted by molar-refractivity contribution is 7.62. The van der Waals surface area contributed by atoms with Crippen molar-refractivity contribution in [2.75, 3.05) is 6.61 Å². The van der Waals surface area contributed by atoms with E-state index in [4.69, 9.17) is 13.8 Å². The molecule has 0 spiro atoms. The molecule has 2 aromatic carbocycles. The van der Waals surface area contributed by atoms with Crippen LogP contribution in [0.15, 0.2) is 54.6 Å². The Morgan fingerprint density at radius 2 is 1.96 bits per heavy atom. The highest BCUT2D eigenvalue weighted by Crippen LogP contribution is 2.53. The van der Waals surface area contributed by atoms with E-state index in [9.17, 15) is 9.36 Å². The summed E-state index contributed by atoms with van der Waals surface area (Å²) in [5.74, 6) is -0.0462. The van der Waals surface area contributed by atoms with Gasteiger partial charge < -0.3 is 9.26 Å². The molecule has 0 fully saturated rings. The van der Waals surface area contributed by atoms with Gasteiger partial charge in [0.05, 0.1) is 18.0 Å². The van der Waals surface area contributed by atoms with Crippen molar-refractivity contribution in [3.05, 3.63) is 71.3 Å². The molecule has 1 heterocycles. The van der Waals surface area contributed by atoms with Crippen LogP contribution >= 0.6 is 7.60 Å². The molecular formula is C21H23O5P. The Bertz CT molecular complexity index is 904. The molecule has 0 saturated heterocycles. The van der Waals surface area contributed by atoms with Gasteiger partial charge in [0, 0.05) is 12.5 Å². The first-order valence-corrected chi connectivity index (χ1v) is 10.4. The molecule has 0 amide bonds. The summed E-state index contributed by atoms with van der Waals surface area (Å²) in [6.45, 7) is 5.95. The first-order chi connectivity index (χ1) is 12.9. The van der Waals surface area contributed by atoms with Gasteiger partial charge in [0.2, 0.25) is 0 Å². The zero-order valence-corrected chi connectivity index (χ0v) is 16.6. The number of esters is 1. The fourth-order valence-corrected chi connectivity index (χ4v) is 5.32. The first-order valence-electron chi connectivity index (χ1n) is 8.90. The predicted molar refractivity (Wildman–Crippen MR) is 105 cm³/mol. The molecule has 2 unspecified atom stereocenters. The van der Waals surface area contributed by atoms with Crippen molar-refractivity contribution in [1.29, 1.82) is 0 Å². The number of ether oxygens (including phenoxy) is 1. The van der Waals surface area contributed by atoms with Crippen LogP contribution in [0.4, 0.5) is 0 Å². The lowest BCUT2D eigenvalue weighted by Gasteiger charge is -2.31. The number of rotatable bonds is 5. The molecule has 0 aromatic heterocycles. The van der Waals surface area contributed by atoms with E-state index in [1.165, 1.54) is 6.08 Å². The number of hydrogen-bond acceptors (Lipinski definition) is 5. The second kappa shape index (κ2) is 8.22. The number of carbonyl (C=O) groups excluding carboxylic acids is 1. The quantitative estimate of drug-likeness (QED) is 0.333. The molecule has 1 aliphatic heterocycles. The van der Waals surface area contributed by atoms with Crippen molar-refractivity contribution in [3.63, 3.8) is 0 Å². The largest absolute Gasteiger partial charge is 0.423 e. The highest BCUT2D eigenvalue weighted by Gasteiger charge is 2.39. The van der Waals surface area contributed by atoms with Crippen molar-refractivity contribution in [1.82, 2.24) is 0 Å². The van der Waals surface area contributed by atoms with Gasteiger partial charge in [0.25, 0.3) is 0 Å². The summed E-state index contributed by atoms with van der Waals surface area (Å²) in [6, 6.07) is 12.8. The van der Waals surface area contributed by atoms with E-state index < -0.39 is 19.7 Å². The van der Waals surface area contributed by atoms with Crippen LogP contribution in [-0.4, -0.2) is 18.7 Å². The highest BCUT2D eigenvalue weighted by atomic mass is 31.2. The van der Waals surface area contributed by atoms with Gasteiger partial charge in [-0.1, -0.05) is 30.3 Å². The van der Waals surface area contributed by atoms with Gasteiger partial charge in [-0.05, 0) is 55.7 Å². The number of aryl methyl sites for hydroxylation is 1. The second-order valence-electron chi connectivity index (χ2n) is 6.37. The molecule has 5 nitrogen and oxygen atoms in total. The predicted octanol–water partition coefficient (Wildman–Crippen LogP) is 4.26. The Morgan fingerprint density at radius 1 is 1.22 bits per heavy atom. The van der Waals surface area contributed by atoms with E-state index in [1.54, 1.807) is 37.3 Å². The third-order valence-corrected chi connectivity index (χ3v) is 6.78. The number of fused-ring (bicyclic) bond motifs is 1. The SMILES string of the molecule is CCOP1(=O)OC(/C=C/C(=O)Oc2ccccc2)Cc2ccc(C)c(C)c21. The summed E-state index contributed by atoms with van der Waals surface area (Å²) in [6.07, 6.45) is 2.87. The minimum Gasteiger partial charge on any atom is -0.423 e. The molecule has 0 radical (unpaired) electrons. The summed E-state index contributed by atoms with van der Waals surface area (Å²) in [5, 5.41) is 0.654. The van der Waals surface area contributed by atoms with E-state index in [1.807, 2.05) is 32.0 Å². The van der Waals surface area contributed by atoms with Crippen molar-refractivity contribution < 1.29 is 23.1 Å². The normalized spacial score (nSPS) is 21.8. The molecule has 6 heteroatoms. The van der Waals surface area contributed by atoms with Crippen LogP contribution in [0, 0.1) is 13.8 Å². The van der Waals surface area contributed by atoms with E-state index >= 15 is 0 Å². The van der Waals surface area contributed by atoms with Gasteiger partial charge in [0.1, 0.15) is 5.75 Å². The zero-order chi connectivity index (χ0) is 19.4. The molecular weight excluding hydrogens is 363 g/mol. The maximum Gasteiger partial charge on any atom is 0.362 e. The second-order valence-corrected chi connectivity index (χ2v) is 8.28. The summed E-state index contributed by atoms with van der Waals surface area (Å²) >= 11 is 0. The summed E-state index contributed by atoms with van der Waals surface area (Å²) in [4.78, 5) is 12.0. The Morgan fingerprint density at radius 3 is 2.67 bits per heavy atom. The number of hydrogen-bond donors (Lipinski definition) is 0. The monoisotopic (exact) mass is 386 g/mol. The standard InChI is InChI=1S/C21H23O5P/c1-4-24-27(23)21-16(3)15(2)10-11-17(21)14-19(26-27)12-13-20(22)25-18-8-6-5-7-9-18/h5-13,19H,4,14H2,1-3H3/b13-12+. The van der Waals surface area contributed by atoms with E-state index in [2.05, 4.69) is 0 Å². The lowest BCUT2D eigenvalue weighted by molar-refractivity contribution is -0.129. The minimum absolute atomic E-state index is 0.274. The van der Waals surface area contributed by atoms with Crippen LogP contribution in [-0.2, 0) is 24.8 Å². The van der Waals surface area contributed by atoms with Crippen molar-refractivity contribution in [3.8, 4) is 5.75 Å². The molecule has 142 valence electrons. The zero-order valence-electron chi connectivity index (χ0n) is 15.7. The molecule has 1 aliphatic rings. The minimum atomic E-state index is -3.45. The van der Waals surface area contributed by atoms with Crippen LogP contribution in [0.5, 0.6) is 5.75 Å². The lowest BCUT2D eigenvalue weighted by atomic mass is 10.0. The molecule has 0 bridgehead atoms. The number of carbonyl (C=O) groups is 1. The molecule has 0 aliphatic carbocycles. The van der Waals surface area contributed by atoms with Gasteiger partial charge in [0.15, 0.2) is 0 Å². The first kappa shape index (κ1) is 19.6. The molecule has 3 rings (SSSR count). The van der Waals surface area contributed by atoms with Crippen molar-refractivity contribution in [2.24, 2.45) is 0 Å². The van der Waals surface area contributed by atoms with Crippen molar-refractivity contribution in [2.45, 2.75) is 33.3 Å². The molecule has 0 saturated carbocycles. The number of para-hydroxylation sites is 1. The van der Waals surface area contributed by atoms with Crippen molar-refractivity contribution >= 4 is 18.9 Å². The summed E-state index contributed by atoms with van der Waals surface area (Å²) < 4.78 is 30.0. The van der Waals surface area contributed by atoms with Gasteiger partial charge in [-0.25, -0.2) is 4.79 Å². The lowest BCUT2D eigenvalue weighted by Crippen LogP contribution is -2.30. The maximum atomic E-state index is 13.4. The number of benzene rings is 2. The van der Waals surface area contributed by atoms with Gasteiger partial charge in [-0.2, -0.15) is 0 Å². The average molecular weight is 386 g/mol. The summed E-state index contributed by atoms with van der Waals surface area (Å²) in [5.41, 5.74) is 2.89. The van der Waals surface area contributed by atoms with Gasteiger partial charge >= 0.3 is 13.6 Å². The Kier molecular flexibility index (Phi) is 5.95.